The van der Waals surface area contributed by atoms with Crippen LogP contribution >= 0.6 is 15.9 Å². The van der Waals surface area contributed by atoms with E-state index in [2.05, 4.69) is 36.5 Å². The van der Waals surface area contributed by atoms with E-state index in [0.29, 0.717) is 22.8 Å². The van der Waals surface area contributed by atoms with Crippen LogP contribution < -0.4 is 10.6 Å². The van der Waals surface area contributed by atoms with E-state index in [4.69, 9.17) is 4.98 Å². The number of benzene rings is 2. The fourth-order valence-electron chi connectivity index (χ4n) is 3.70. The van der Waals surface area contributed by atoms with Gasteiger partial charge in [-0.3, -0.25) is 14.2 Å². The number of aromatic nitrogens is 4. The zero-order valence-corrected chi connectivity index (χ0v) is 20.8. The van der Waals surface area contributed by atoms with Gasteiger partial charge in [0.05, 0.1) is 17.5 Å². The molecule has 3 aromatic heterocycles. The molecule has 7 nitrogen and oxygen atoms in total. The van der Waals surface area contributed by atoms with Gasteiger partial charge in [-0.25, -0.2) is 9.97 Å². The lowest BCUT2D eigenvalue weighted by molar-refractivity contribution is -0.137. The number of alkyl halides is 3. The largest absolute Gasteiger partial charge is 0.416 e. The van der Waals surface area contributed by atoms with Crippen LogP contribution in [0.2, 0.25) is 0 Å². The average molecular weight is 567 g/mol. The van der Waals surface area contributed by atoms with E-state index >= 15 is 0 Å². The van der Waals surface area contributed by atoms with Crippen molar-refractivity contribution in [1.82, 2.24) is 19.4 Å². The highest BCUT2D eigenvalue weighted by Crippen LogP contribution is 2.31. The zero-order valence-electron chi connectivity index (χ0n) is 19.2. The number of amides is 1. The molecular formula is C26H18BrF3N6O. The fourth-order valence-corrected chi connectivity index (χ4v) is 4.07. The highest BCUT2D eigenvalue weighted by Gasteiger charge is 2.30. The molecule has 0 saturated carbocycles. The Hall–Kier alpha value is -4.25. The summed E-state index contributed by atoms with van der Waals surface area (Å²) in [6, 6.07) is 13.2. The third-order valence-corrected chi connectivity index (χ3v) is 6.19. The van der Waals surface area contributed by atoms with Crippen LogP contribution in [0.1, 0.15) is 21.5 Å². The first-order chi connectivity index (χ1) is 17.7. The van der Waals surface area contributed by atoms with Crippen molar-refractivity contribution in [3.05, 3.63) is 101 Å². The van der Waals surface area contributed by atoms with E-state index in [9.17, 15) is 18.0 Å². The number of nitrogens with one attached hydrogen (secondary N) is 2. The summed E-state index contributed by atoms with van der Waals surface area (Å²) in [7, 11) is 0. The van der Waals surface area contributed by atoms with Gasteiger partial charge in [-0.1, -0.05) is 12.1 Å². The summed E-state index contributed by atoms with van der Waals surface area (Å²) in [5, 5.41) is 5.80. The third kappa shape index (κ3) is 5.17. The van der Waals surface area contributed by atoms with Crippen LogP contribution in [0.25, 0.3) is 16.9 Å². The zero-order chi connectivity index (χ0) is 26.2. The van der Waals surface area contributed by atoms with Gasteiger partial charge in [-0.15, -0.1) is 0 Å². The minimum atomic E-state index is -4.51. The molecule has 3 heterocycles. The number of fused-ring (bicyclic) bond motifs is 1. The number of hydrogen-bond donors (Lipinski definition) is 2. The molecule has 0 aliphatic carbocycles. The van der Waals surface area contributed by atoms with E-state index in [-0.39, 0.29) is 11.3 Å². The number of halogens is 4. The van der Waals surface area contributed by atoms with Gasteiger partial charge in [-0.05, 0) is 70.9 Å². The van der Waals surface area contributed by atoms with Crippen molar-refractivity contribution < 1.29 is 18.0 Å². The summed E-state index contributed by atoms with van der Waals surface area (Å²) in [5.41, 5.74) is 2.89. The Morgan fingerprint density at radius 3 is 2.65 bits per heavy atom. The number of rotatable bonds is 5. The molecule has 2 aromatic carbocycles. The fraction of sp³-hybridized carbons (Fsp3) is 0.0769. The summed E-state index contributed by atoms with van der Waals surface area (Å²) in [5.74, 6) is -0.0984. The molecule has 0 bridgehead atoms. The number of hydrogen-bond acceptors (Lipinski definition) is 5. The maximum Gasteiger partial charge on any atom is 0.416 e. The Bertz CT molecular complexity index is 1620. The Kier molecular flexibility index (Phi) is 6.38. The molecule has 0 unspecified atom stereocenters. The second-order valence-corrected chi connectivity index (χ2v) is 8.99. The highest BCUT2D eigenvalue weighted by atomic mass is 79.9. The summed E-state index contributed by atoms with van der Waals surface area (Å²) in [4.78, 5) is 26.2. The van der Waals surface area contributed by atoms with Crippen molar-refractivity contribution >= 4 is 44.7 Å². The lowest BCUT2D eigenvalue weighted by atomic mass is 10.1. The molecule has 0 atom stereocenters. The Morgan fingerprint density at radius 1 is 1.05 bits per heavy atom. The maximum absolute atomic E-state index is 13.0. The molecule has 5 aromatic rings. The molecule has 5 rings (SSSR count). The quantitative estimate of drug-likeness (QED) is 0.242. The van der Waals surface area contributed by atoms with Gasteiger partial charge in [0.2, 0.25) is 0 Å². The van der Waals surface area contributed by atoms with Gasteiger partial charge < -0.3 is 10.6 Å². The number of carbonyl (C=O) groups is 1. The Morgan fingerprint density at radius 2 is 1.89 bits per heavy atom. The van der Waals surface area contributed by atoms with Crippen LogP contribution in [0.3, 0.4) is 0 Å². The Labute approximate surface area is 217 Å². The average Bonchev–Trinajstić information content (AvgIpc) is 3.26. The molecular weight excluding hydrogens is 549 g/mol. The summed E-state index contributed by atoms with van der Waals surface area (Å²) < 4.78 is 41.7. The molecule has 2 N–H and O–H groups in total. The van der Waals surface area contributed by atoms with Crippen molar-refractivity contribution in [2.45, 2.75) is 13.1 Å². The van der Waals surface area contributed by atoms with Crippen LogP contribution in [0.5, 0.6) is 0 Å². The van der Waals surface area contributed by atoms with Crippen molar-refractivity contribution in [1.29, 1.82) is 0 Å². The lowest BCUT2D eigenvalue weighted by Crippen LogP contribution is -2.13. The molecule has 0 saturated heterocycles. The lowest BCUT2D eigenvalue weighted by Gasteiger charge is -2.14. The van der Waals surface area contributed by atoms with Crippen LogP contribution in [-0.2, 0) is 6.18 Å². The smallest absolute Gasteiger partial charge is 0.337 e. The van der Waals surface area contributed by atoms with E-state index in [0.717, 1.165) is 27.9 Å². The second kappa shape index (κ2) is 9.66. The van der Waals surface area contributed by atoms with Crippen LogP contribution in [-0.4, -0.2) is 25.3 Å². The number of imidazole rings is 1. The van der Waals surface area contributed by atoms with E-state index in [1.165, 1.54) is 12.1 Å². The predicted molar refractivity (Wildman–Crippen MR) is 138 cm³/mol. The van der Waals surface area contributed by atoms with Crippen LogP contribution in [0.4, 0.5) is 30.4 Å². The van der Waals surface area contributed by atoms with Gasteiger partial charge in [0, 0.05) is 41.1 Å². The van der Waals surface area contributed by atoms with E-state index in [1.807, 2.05) is 29.7 Å². The first-order valence-electron chi connectivity index (χ1n) is 11.0. The molecule has 186 valence electrons. The van der Waals surface area contributed by atoms with Crippen molar-refractivity contribution in [2.75, 3.05) is 10.6 Å². The number of pyridine rings is 1. The van der Waals surface area contributed by atoms with Gasteiger partial charge in [0.1, 0.15) is 4.60 Å². The topological polar surface area (TPSA) is 84.2 Å². The monoisotopic (exact) mass is 566 g/mol. The molecule has 37 heavy (non-hydrogen) atoms. The highest BCUT2D eigenvalue weighted by molar-refractivity contribution is 9.10. The summed E-state index contributed by atoms with van der Waals surface area (Å²) in [6.45, 7) is 1.86. The van der Waals surface area contributed by atoms with Gasteiger partial charge >= 0.3 is 6.18 Å². The molecule has 0 aliphatic rings. The van der Waals surface area contributed by atoms with E-state index in [1.54, 1.807) is 36.8 Å². The van der Waals surface area contributed by atoms with Crippen LogP contribution in [0.15, 0.2) is 84.0 Å². The van der Waals surface area contributed by atoms with Gasteiger partial charge in [0.15, 0.2) is 11.5 Å². The molecule has 0 radical (unpaired) electrons. The third-order valence-electron chi connectivity index (χ3n) is 5.61. The summed E-state index contributed by atoms with van der Waals surface area (Å²) in [6.07, 6.45) is 2.36. The molecule has 11 heteroatoms. The first-order valence-corrected chi connectivity index (χ1v) is 11.8. The van der Waals surface area contributed by atoms with Crippen molar-refractivity contribution in [3.8, 4) is 11.3 Å². The van der Waals surface area contributed by atoms with Crippen molar-refractivity contribution in [3.63, 3.8) is 0 Å². The SMILES string of the molecule is Cc1ccc(C(=O)Nc2cccc(C(F)(F)F)c2)cc1Nc1nc(-c2cccnc2)cn2c(Br)cnc12. The molecule has 1 amide bonds. The number of anilines is 3. The van der Waals surface area contributed by atoms with E-state index < -0.39 is 17.6 Å². The number of aryl methyl sites for hydroxylation is 1. The van der Waals surface area contributed by atoms with Gasteiger partial charge in [0.25, 0.3) is 5.91 Å². The van der Waals surface area contributed by atoms with Crippen molar-refractivity contribution in [2.24, 2.45) is 0 Å². The standard InChI is InChI=1S/C26H18BrF3N6O/c1-15-7-8-16(25(37)33-19-6-2-5-18(11-19)26(28,29)30)10-20(15)34-23-24-32-13-22(27)36(24)14-21(35-23)17-4-3-9-31-12-17/h2-14H,1H3,(H,33,37)(H,34,35). The minimum absolute atomic E-state index is 0.0460. The number of carbonyl (C=O) groups excluding carboxylic acids is 1. The van der Waals surface area contributed by atoms with Gasteiger partial charge in [-0.2, -0.15) is 13.2 Å². The summed E-state index contributed by atoms with van der Waals surface area (Å²) >= 11 is 3.49. The minimum Gasteiger partial charge on any atom is -0.337 e. The second-order valence-electron chi connectivity index (χ2n) is 8.18. The molecule has 0 aliphatic heterocycles. The normalized spacial score (nSPS) is 11.5. The maximum atomic E-state index is 13.0. The molecule has 0 fully saturated rings. The Balaban J connectivity index is 1.47. The predicted octanol–water partition coefficient (Wildman–Crippen LogP) is 6.88. The molecule has 0 spiro atoms. The number of nitrogens with zero attached hydrogens (tertiary/aromatic N) is 4. The van der Waals surface area contributed by atoms with Crippen LogP contribution in [0, 0.1) is 6.92 Å². The first kappa shape index (κ1) is 24.4.